The Bertz CT molecular complexity index is 462. The first kappa shape index (κ1) is 16.8. The maximum absolute atomic E-state index is 9.58. The number of aliphatic hydroxyl groups excluding tert-OH is 1. The van der Waals surface area contributed by atoms with Gasteiger partial charge in [0.1, 0.15) is 0 Å². The van der Waals surface area contributed by atoms with Crippen LogP contribution in [0.5, 0.6) is 0 Å². The van der Waals surface area contributed by atoms with E-state index >= 15 is 0 Å². The van der Waals surface area contributed by atoms with Crippen molar-refractivity contribution in [3.05, 3.63) is 35.4 Å². The van der Waals surface area contributed by atoms with Crippen molar-refractivity contribution in [2.45, 2.75) is 58.1 Å². The van der Waals surface area contributed by atoms with Gasteiger partial charge in [-0.2, -0.15) is 0 Å². The number of aliphatic hydroxyl groups is 1. The molecule has 4 nitrogen and oxygen atoms in total. The zero-order valence-corrected chi connectivity index (χ0v) is 13.8. The molecule has 4 heteroatoms. The summed E-state index contributed by atoms with van der Waals surface area (Å²) in [5.74, 6) is 0.899. The van der Waals surface area contributed by atoms with Crippen LogP contribution in [0.25, 0.3) is 0 Å². The maximum Gasteiger partial charge on any atom is 0.191 e. The lowest BCUT2D eigenvalue weighted by Crippen LogP contribution is -2.45. The Kier molecular flexibility index (Phi) is 6.72. The van der Waals surface area contributed by atoms with Crippen molar-refractivity contribution in [2.24, 2.45) is 4.99 Å². The third-order valence-electron chi connectivity index (χ3n) is 4.17. The zero-order valence-electron chi connectivity index (χ0n) is 13.8. The molecule has 0 heterocycles. The van der Waals surface area contributed by atoms with Crippen LogP contribution in [0.1, 0.15) is 43.7 Å². The van der Waals surface area contributed by atoms with Crippen molar-refractivity contribution in [2.75, 3.05) is 13.1 Å². The third-order valence-corrected chi connectivity index (χ3v) is 4.17. The zero-order chi connectivity index (χ0) is 15.8. The number of nitrogens with zero attached hydrogens (tertiary/aromatic N) is 1. The SMILES string of the molecule is CCNC(=NCCc1ccc(C)cc1)NC1CCC(O)CC1. The summed E-state index contributed by atoms with van der Waals surface area (Å²) >= 11 is 0. The van der Waals surface area contributed by atoms with Crippen LogP contribution in [-0.2, 0) is 6.42 Å². The average molecular weight is 303 g/mol. The van der Waals surface area contributed by atoms with Crippen molar-refractivity contribution in [1.29, 1.82) is 0 Å². The van der Waals surface area contributed by atoms with Gasteiger partial charge in [0.05, 0.1) is 6.10 Å². The summed E-state index contributed by atoms with van der Waals surface area (Å²) in [6.07, 6.45) is 4.66. The third kappa shape index (κ3) is 5.68. The minimum atomic E-state index is -0.112. The molecular weight excluding hydrogens is 274 g/mol. The van der Waals surface area contributed by atoms with E-state index in [-0.39, 0.29) is 6.10 Å². The van der Waals surface area contributed by atoms with Crippen LogP contribution in [0.2, 0.25) is 0 Å². The molecule has 1 aromatic rings. The molecule has 0 saturated heterocycles. The van der Waals surface area contributed by atoms with Crippen LogP contribution in [-0.4, -0.2) is 36.3 Å². The largest absolute Gasteiger partial charge is 0.393 e. The van der Waals surface area contributed by atoms with E-state index in [2.05, 4.69) is 53.7 Å². The molecule has 0 atom stereocenters. The van der Waals surface area contributed by atoms with Crippen LogP contribution in [0.15, 0.2) is 29.3 Å². The molecule has 1 aliphatic carbocycles. The number of hydrogen-bond donors (Lipinski definition) is 3. The molecule has 0 bridgehead atoms. The van der Waals surface area contributed by atoms with E-state index in [9.17, 15) is 5.11 Å². The first-order valence-electron chi connectivity index (χ1n) is 8.46. The van der Waals surface area contributed by atoms with Gasteiger partial charge in [-0.05, 0) is 51.5 Å². The van der Waals surface area contributed by atoms with Gasteiger partial charge in [-0.25, -0.2) is 0 Å². The van der Waals surface area contributed by atoms with Crippen molar-refractivity contribution < 1.29 is 5.11 Å². The smallest absolute Gasteiger partial charge is 0.191 e. The Labute approximate surface area is 134 Å². The van der Waals surface area contributed by atoms with Gasteiger partial charge in [-0.1, -0.05) is 29.8 Å². The van der Waals surface area contributed by atoms with Gasteiger partial charge in [0.2, 0.25) is 0 Å². The summed E-state index contributed by atoms with van der Waals surface area (Å²) in [7, 11) is 0. The summed E-state index contributed by atoms with van der Waals surface area (Å²) in [6, 6.07) is 9.08. The number of nitrogens with one attached hydrogen (secondary N) is 2. The van der Waals surface area contributed by atoms with Crippen molar-refractivity contribution in [1.82, 2.24) is 10.6 Å². The molecule has 1 fully saturated rings. The number of benzene rings is 1. The van der Waals surface area contributed by atoms with E-state index in [1.807, 2.05) is 0 Å². The highest BCUT2D eigenvalue weighted by Crippen LogP contribution is 2.18. The molecule has 0 amide bonds. The van der Waals surface area contributed by atoms with Gasteiger partial charge in [0.15, 0.2) is 5.96 Å². The Hall–Kier alpha value is -1.55. The molecular formula is C18H29N3O. The summed E-state index contributed by atoms with van der Waals surface area (Å²) in [5.41, 5.74) is 2.62. The molecule has 1 aliphatic rings. The highest BCUT2D eigenvalue weighted by Gasteiger charge is 2.19. The van der Waals surface area contributed by atoms with Gasteiger partial charge in [0.25, 0.3) is 0 Å². The first-order valence-corrected chi connectivity index (χ1v) is 8.46. The van der Waals surface area contributed by atoms with Crippen LogP contribution < -0.4 is 10.6 Å². The molecule has 0 aromatic heterocycles. The predicted molar refractivity (Wildman–Crippen MR) is 92.3 cm³/mol. The molecule has 122 valence electrons. The maximum atomic E-state index is 9.58. The van der Waals surface area contributed by atoms with Crippen LogP contribution >= 0.6 is 0 Å². The Morgan fingerprint density at radius 3 is 2.50 bits per heavy atom. The van der Waals surface area contributed by atoms with E-state index in [1.165, 1.54) is 11.1 Å². The summed E-state index contributed by atoms with van der Waals surface area (Å²) in [4.78, 5) is 4.68. The minimum Gasteiger partial charge on any atom is -0.393 e. The molecule has 22 heavy (non-hydrogen) atoms. The number of guanidine groups is 1. The molecule has 0 aliphatic heterocycles. The minimum absolute atomic E-state index is 0.112. The highest BCUT2D eigenvalue weighted by molar-refractivity contribution is 5.80. The second-order valence-corrected chi connectivity index (χ2v) is 6.15. The van der Waals surface area contributed by atoms with Gasteiger partial charge in [-0.15, -0.1) is 0 Å². The molecule has 0 radical (unpaired) electrons. The number of aliphatic imine (C=N–C) groups is 1. The fourth-order valence-electron chi connectivity index (χ4n) is 2.79. The Balaban J connectivity index is 1.82. The van der Waals surface area contributed by atoms with Crippen LogP contribution in [0.4, 0.5) is 0 Å². The quantitative estimate of drug-likeness (QED) is 0.578. The lowest BCUT2D eigenvalue weighted by molar-refractivity contribution is 0.120. The standard InChI is InChI=1S/C18H29N3O/c1-3-19-18(21-16-8-10-17(22)11-9-16)20-13-12-15-6-4-14(2)5-7-15/h4-7,16-17,22H,3,8-13H2,1-2H3,(H2,19,20,21). The van der Waals surface area contributed by atoms with E-state index in [1.54, 1.807) is 0 Å². The molecule has 3 N–H and O–H groups in total. The van der Waals surface area contributed by atoms with Crippen molar-refractivity contribution in [3.8, 4) is 0 Å². The molecule has 0 unspecified atom stereocenters. The van der Waals surface area contributed by atoms with E-state index in [0.717, 1.165) is 51.2 Å². The predicted octanol–water partition coefficient (Wildman–Crippen LogP) is 2.40. The number of hydrogen-bond acceptors (Lipinski definition) is 2. The van der Waals surface area contributed by atoms with Crippen LogP contribution in [0, 0.1) is 6.92 Å². The Morgan fingerprint density at radius 2 is 1.86 bits per heavy atom. The summed E-state index contributed by atoms with van der Waals surface area (Å²) in [6.45, 7) is 5.84. The normalized spacial score (nSPS) is 22.4. The van der Waals surface area contributed by atoms with Crippen molar-refractivity contribution in [3.63, 3.8) is 0 Å². The number of aryl methyl sites for hydroxylation is 1. The fourth-order valence-corrected chi connectivity index (χ4v) is 2.79. The lowest BCUT2D eigenvalue weighted by atomic mass is 9.93. The summed E-state index contributed by atoms with van der Waals surface area (Å²) < 4.78 is 0. The van der Waals surface area contributed by atoms with Gasteiger partial charge < -0.3 is 15.7 Å². The van der Waals surface area contributed by atoms with Gasteiger partial charge in [0, 0.05) is 19.1 Å². The van der Waals surface area contributed by atoms with E-state index < -0.39 is 0 Å². The first-order chi connectivity index (χ1) is 10.7. The second-order valence-electron chi connectivity index (χ2n) is 6.15. The molecule has 1 aromatic carbocycles. The topological polar surface area (TPSA) is 56.7 Å². The highest BCUT2D eigenvalue weighted by atomic mass is 16.3. The van der Waals surface area contributed by atoms with Gasteiger partial charge >= 0.3 is 0 Å². The van der Waals surface area contributed by atoms with Crippen LogP contribution in [0.3, 0.4) is 0 Å². The van der Waals surface area contributed by atoms with Crippen molar-refractivity contribution >= 4 is 5.96 Å². The average Bonchev–Trinajstić information content (AvgIpc) is 2.52. The molecule has 2 rings (SSSR count). The van der Waals surface area contributed by atoms with Gasteiger partial charge in [-0.3, -0.25) is 4.99 Å². The molecule has 1 saturated carbocycles. The summed E-state index contributed by atoms with van der Waals surface area (Å²) in [5, 5.41) is 16.4. The molecule has 0 spiro atoms. The monoisotopic (exact) mass is 303 g/mol. The second kappa shape index (κ2) is 8.79. The van der Waals surface area contributed by atoms with E-state index in [4.69, 9.17) is 0 Å². The Morgan fingerprint density at radius 1 is 1.18 bits per heavy atom. The fraction of sp³-hybridized carbons (Fsp3) is 0.611. The van der Waals surface area contributed by atoms with E-state index in [0.29, 0.717) is 6.04 Å². The lowest BCUT2D eigenvalue weighted by Gasteiger charge is -2.27. The number of rotatable bonds is 5.